The van der Waals surface area contributed by atoms with E-state index in [1.54, 1.807) is 0 Å². The van der Waals surface area contributed by atoms with Crippen LogP contribution in [-0.2, 0) is 36.0 Å². The molecule has 8 nitrogen and oxygen atoms in total. The number of aliphatic hydroxyl groups is 1. The zero-order chi connectivity index (χ0) is 29.9. The van der Waals surface area contributed by atoms with Crippen molar-refractivity contribution in [2.24, 2.45) is 17.9 Å². The topological polar surface area (TPSA) is 96.7 Å². The predicted molar refractivity (Wildman–Crippen MR) is 165 cm³/mol. The van der Waals surface area contributed by atoms with Crippen LogP contribution in [0.4, 0.5) is 5.69 Å². The number of carbonyl (C=O) groups is 2. The summed E-state index contributed by atoms with van der Waals surface area (Å²) >= 11 is 0. The van der Waals surface area contributed by atoms with Crippen molar-refractivity contribution in [2.45, 2.75) is 77.4 Å². The van der Waals surface area contributed by atoms with Crippen molar-refractivity contribution >= 4 is 17.6 Å². The second-order valence-corrected chi connectivity index (χ2v) is 13.5. The van der Waals surface area contributed by atoms with Gasteiger partial charge >= 0.3 is 5.97 Å². The van der Waals surface area contributed by atoms with Crippen molar-refractivity contribution in [1.82, 2.24) is 14.5 Å². The van der Waals surface area contributed by atoms with Crippen LogP contribution in [-0.4, -0.2) is 51.6 Å². The first-order valence-corrected chi connectivity index (χ1v) is 15.8. The number of fused-ring (bicyclic) bond motifs is 4. The van der Waals surface area contributed by atoms with E-state index < -0.39 is 6.10 Å². The molecule has 1 aliphatic heterocycles. The van der Waals surface area contributed by atoms with Crippen LogP contribution in [0, 0.1) is 17.8 Å². The summed E-state index contributed by atoms with van der Waals surface area (Å²) in [4.78, 5) is 33.3. The van der Waals surface area contributed by atoms with Crippen LogP contribution in [0.15, 0.2) is 36.4 Å². The fourth-order valence-electron chi connectivity index (χ4n) is 8.66. The number of esters is 1. The predicted octanol–water partition coefficient (Wildman–Crippen LogP) is 5.50. The molecule has 2 aromatic carbocycles. The van der Waals surface area contributed by atoms with Gasteiger partial charge in [-0.2, -0.15) is 0 Å². The third-order valence-corrected chi connectivity index (χ3v) is 11.2. The van der Waals surface area contributed by atoms with Gasteiger partial charge in [-0.25, -0.2) is 4.98 Å². The molecule has 3 aromatic rings. The summed E-state index contributed by atoms with van der Waals surface area (Å²) in [6.45, 7) is 4.72. The number of anilines is 1. The Morgan fingerprint density at radius 3 is 2.65 bits per heavy atom. The van der Waals surface area contributed by atoms with Gasteiger partial charge in [-0.3, -0.25) is 14.5 Å². The van der Waals surface area contributed by atoms with Gasteiger partial charge in [0.25, 0.3) is 5.91 Å². The molecule has 3 aliphatic carbocycles. The Kier molecular flexibility index (Phi) is 6.97. The minimum absolute atomic E-state index is 0.0147. The molecule has 43 heavy (non-hydrogen) atoms. The highest BCUT2D eigenvalue weighted by atomic mass is 16.5. The standard InChI is InChI=1S/C35H42N4O4/c1-22-23(24-7-4-8-26-25(24)10-11-30(26)40)6-5-9-27(22)37-32(41)31-36-28-20-39(18-12-29(28)38(31)2)19-17-34-13-15-35(21-34,16-14-34)33(42)43-3/h4-9,30,40H,10-21H2,1-3H3,(H,37,41). The number of imidazole rings is 1. The van der Waals surface area contributed by atoms with Crippen LogP contribution in [0.3, 0.4) is 0 Å². The summed E-state index contributed by atoms with van der Waals surface area (Å²) in [7, 11) is 3.46. The molecule has 1 aromatic heterocycles. The number of rotatable bonds is 7. The molecule has 8 heteroatoms. The smallest absolute Gasteiger partial charge is 0.311 e. The molecule has 1 unspecified atom stereocenters. The molecule has 2 bridgehead atoms. The number of benzene rings is 2. The van der Waals surface area contributed by atoms with Crippen molar-refractivity contribution in [1.29, 1.82) is 0 Å². The minimum atomic E-state index is -0.403. The van der Waals surface area contributed by atoms with Crippen molar-refractivity contribution in [2.75, 3.05) is 25.5 Å². The highest BCUT2D eigenvalue weighted by Gasteiger charge is 2.58. The molecule has 1 amide bonds. The number of nitrogens with one attached hydrogen (secondary N) is 1. The summed E-state index contributed by atoms with van der Waals surface area (Å²) < 4.78 is 7.12. The number of hydrogen-bond acceptors (Lipinski definition) is 6. The van der Waals surface area contributed by atoms with Crippen molar-refractivity contribution in [3.05, 3.63) is 70.3 Å². The maximum atomic E-state index is 13.6. The number of nitrogens with zero attached hydrogens (tertiary/aromatic N) is 3. The van der Waals surface area contributed by atoms with E-state index in [1.165, 1.54) is 12.7 Å². The Balaban J connectivity index is 1.04. The van der Waals surface area contributed by atoms with E-state index >= 15 is 0 Å². The second kappa shape index (κ2) is 10.6. The van der Waals surface area contributed by atoms with E-state index in [1.807, 2.05) is 42.8 Å². The fraction of sp³-hybridized carbons (Fsp3) is 0.514. The highest BCUT2D eigenvalue weighted by Crippen LogP contribution is 2.63. The molecule has 2 heterocycles. The van der Waals surface area contributed by atoms with E-state index in [2.05, 4.69) is 22.3 Å². The summed E-state index contributed by atoms with van der Waals surface area (Å²) in [5, 5.41) is 13.5. The summed E-state index contributed by atoms with van der Waals surface area (Å²) in [5.74, 6) is 0.222. The maximum Gasteiger partial charge on any atom is 0.311 e. The quantitative estimate of drug-likeness (QED) is 0.357. The number of methoxy groups -OCH3 is 1. The maximum absolute atomic E-state index is 13.6. The van der Waals surface area contributed by atoms with Gasteiger partial charge in [0, 0.05) is 37.9 Å². The number of amides is 1. The Hall–Kier alpha value is -3.49. The monoisotopic (exact) mass is 582 g/mol. The van der Waals surface area contributed by atoms with Crippen molar-refractivity contribution in [3.8, 4) is 11.1 Å². The Morgan fingerprint density at radius 1 is 1.09 bits per heavy atom. The largest absolute Gasteiger partial charge is 0.469 e. The number of ether oxygens (including phenoxy) is 1. The van der Waals surface area contributed by atoms with Gasteiger partial charge in [0.15, 0.2) is 5.82 Å². The Morgan fingerprint density at radius 2 is 1.86 bits per heavy atom. The van der Waals surface area contributed by atoms with E-state index in [-0.39, 0.29) is 22.7 Å². The summed E-state index contributed by atoms with van der Waals surface area (Å²) in [6, 6.07) is 12.1. The molecule has 0 radical (unpaired) electrons. The van der Waals surface area contributed by atoms with Gasteiger partial charge in [0.05, 0.1) is 24.3 Å². The van der Waals surface area contributed by atoms with Crippen LogP contribution >= 0.6 is 0 Å². The molecule has 7 rings (SSSR count). The molecule has 0 saturated heterocycles. The molecule has 0 spiro atoms. The Labute approximate surface area is 253 Å². The zero-order valence-corrected chi connectivity index (χ0v) is 25.5. The fourth-order valence-corrected chi connectivity index (χ4v) is 8.66. The number of aromatic nitrogens is 2. The lowest BCUT2D eigenvalue weighted by atomic mass is 9.80. The van der Waals surface area contributed by atoms with E-state index in [9.17, 15) is 14.7 Å². The number of aliphatic hydroxyl groups excluding tert-OH is 1. The van der Waals surface area contributed by atoms with Crippen molar-refractivity contribution < 1.29 is 19.4 Å². The van der Waals surface area contributed by atoms with Crippen LogP contribution in [0.2, 0.25) is 0 Å². The van der Waals surface area contributed by atoms with Gasteiger partial charge in [-0.1, -0.05) is 30.3 Å². The lowest BCUT2D eigenvalue weighted by Gasteiger charge is -2.32. The SMILES string of the molecule is COC(=O)C12CCC(CCN3CCc4c(nc(C(=O)Nc5cccc(-c6cccc7c6CCC7O)c5C)n4C)C3)(CC1)C2. The van der Waals surface area contributed by atoms with Crippen LogP contribution in [0.5, 0.6) is 0 Å². The molecule has 2 saturated carbocycles. The van der Waals surface area contributed by atoms with Crippen LogP contribution < -0.4 is 5.32 Å². The molecule has 226 valence electrons. The van der Waals surface area contributed by atoms with E-state index in [0.29, 0.717) is 5.82 Å². The van der Waals surface area contributed by atoms with E-state index in [0.717, 1.165) is 117 Å². The average molecular weight is 583 g/mol. The minimum Gasteiger partial charge on any atom is -0.469 e. The Bertz CT molecular complexity index is 1600. The molecule has 4 aliphatic rings. The van der Waals surface area contributed by atoms with Gasteiger partial charge in [0.1, 0.15) is 0 Å². The molecular weight excluding hydrogens is 540 g/mol. The summed E-state index contributed by atoms with van der Waals surface area (Å²) in [6.07, 6.45) is 8.28. The first-order valence-electron chi connectivity index (χ1n) is 15.8. The van der Waals surface area contributed by atoms with Gasteiger partial charge in [-0.05, 0) is 104 Å². The third-order valence-electron chi connectivity index (χ3n) is 11.2. The lowest BCUT2D eigenvalue weighted by Crippen LogP contribution is -2.34. The van der Waals surface area contributed by atoms with Crippen LogP contribution in [0.25, 0.3) is 11.1 Å². The normalized spacial score (nSPS) is 25.9. The summed E-state index contributed by atoms with van der Waals surface area (Å²) in [5.41, 5.74) is 8.33. The van der Waals surface area contributed by atoms with Crippen molar-refractivity contribution in [3.63, 3.8) is 0 Å². The number of carbonyl (C=O) groups excluding carboxylic acids is 2. The van der Waals surface area contributed by atoms with Gasteiger partial charge < -0.3 is 19.7 Å². The van der Waals surface area contributed by atoms with Crippen LogP contribution in [0.1, 0.15) is 89.7 Å². The van der Waals surface area contributed by atoms with E-state index in [4.69, 9.17) is 9.72 Å². The molecule has 2 N–H and O–H groups in total. The lowest BCUT2D eigenvalue weighted by molar-refractivity contribution is -0.152. The molecule has 1 atom stereocenters. The first kappa shape index (κ1) is 28.3. The molecular formula is C35H42N4O4. The average Bonchev–Trinajstić information content (AvgIpc) is 3.78. The third kappa shape index (κ3) is 4.70. The first-order chi connectivity index (χ1) is 20.7. The highest BCUT2D eigenvalue weighted by molar-refractivity contribution is 6.03. The van der Waals surface area contributed by atoms with Gasteiger partial charge in [0.2, 0.25) is 0 Å². The van der Waals surface area contributed by atoms with Gasteiger partial charge in [-0.15, -0.1) is 0 Å². The number of hydrogen-bond donors (Lipinski definition) is 2. The second-order valence-electron chi connectivity index (χ2n) is 13.5. The zero-order valence-electron chi connectivity index (χ0n) is 25.5. The molecule has 2 fully saturated rings.